The van der Waals surface area contributed by atoms with Gasteiger partial charge in [0.1, 0.15) is 0 Å². The first kappa shape index (κ1) is 5.34. The molecule has 52 valence electrons. The maximum Gasteiger partial charge on any atom is 0.262 e. The van der Waals surface area contributed by atoms with E-state index in [1.165, 1.54) is 0 Å². The number of ether oxygens (including phenoxy) is 2. The highest BCUT2D eigenvalue weighted by atomic mass is 16.7. The van der Waals surface area contributed by atoms with E-state index in [4.69, 9.17) is 15.2 Å². The second-order valence-corrected chi connectivity index (χ2v) is 1.94. The molecule has 0 unspecified atom stereocenters. The van der Waals surface area contributed by atoms with Crippen LogP contribution in [0.25, 0.3) is 0 Å². The monoisotopic (exact) mass is 138 g/mol. The molecule has 0 fully saturated rings. The molecule has 1 aliphatic heterocycles. The first-order chi connectivity index (χ1) is 4.88. The summed E-state index contributed by atoms with van der Waals surface area (Å²) in [4.78, 5) is 3.89. The summed E-state index contributed by atoms with van der Waals surface area (Å²) in [5, 5.41) is 0. The number of aromatic nitrogens is 1. The van der Waals surface area contributed by atoms with Crippen LogP contribution < -0.4 is 15.2 Å². The van der Waals surface area contributed by atoms with Gasteiger partial charge in [0, 0.05) is 6.20 Å². The molecule has 2 N–H and O–H groups in total. The van der Waals surface area contributed by atoms with Gasteiger partial charge in [0.25, 0.3) is 5.88 Å². The number of fused-ring (bicyclic) bond motifs is 1. The van der Waals surface area contributed by atoms with Gasteiger partial charge in [-0.15, -0.1) is 0 Å². The zero-order valence-electron chi connectivity index (χ0n) is 5.20. The molecule has 0 saturated carbocycles. The van der Waals surface area contributed by atoms with Crippen LogP contribution in [0.4, 0.5) is 5.69 Å². The molecule has 1 aromatic rings. The number of hydrogen-bond acceptors (Lipinski definition) is 4. The highest BCUT2D eigenvalue weighted by molar-refractivity contribution is 5.57. The quantitative estimate of drug-likeness (QED) is 0.563. The van der Waals surface area contributed by atoms with Gasteiger partial charge in [-0.2, -0.15) is 0 Å². The van der Waals surface area contributed by atoms with Crippen LogP contribution in [-0.2, 0) is 0 Å². The summed E-state index contributed by atoms with van der Waals surface area (Å²) in [6.45, 7) is 0.219. The van der Waals surface area contributed by atoms with Crippen LogP contribution in [0, 0.1) is 0 Å². The maximum absolute atomic E-state index is 5.53. The van der Waals surface area contributed by atoms with E-state index in [0.29, 0.717) is 17.3 Å². The van der Waals surface area contributed by atoms with Gasteiger partial charge in [0.2, 0.25) is 12.5 Å². The number of pyridine rings is 1. The summed E-state index contributed by atoms with van der Waals surface area (Å²) >= 11 is 0. The Morgan fingerprint density at radius 1 is 1.50 bits per heavy atom. The predicted molar refractivity (Wildman–Crippen MR) is 34.8 cm³/mol. The second kappa shape index (κ2) is 1.76. The van der Waals surface area contributed by atoms with E-state index in [1.807, 2.05) is 0 Å². The second-order valence-electron chi connectivity index (χ2n) is 1.94. The summed E-state index contributed by atoms with van der Waals surface area (Å²) in [6.07, 6.45) is 1.59. The van der Waals surface area contributed by atoms with E-state index >= 15 is 0 Å². The molecule has 0 saturated heterocycles. The summed E-state index contributed by atoms with van der Waals surface area (Å²) in [5.41, 5.74) is 6.10. The van der Waals surface area contributed by atoms with Gasteiger partial charge >= 0.3 is 0 Å². The Labute approximate surface area is 57.6 Å². The van der Waals surface area contributed by atoms with Gasteiger partial charge in [-0.05, 0) is 6.07 Å². The zero-order valence-corrected chi connectivity index (χ0v) is 5.20. The molecular formula is C6H6N2O2. The fourth-order valence-electron chi connectivity index (χ4n) is 0.835. The summed E-state index contributed by atoms with van der Waals surface area (Å²) in [6, 6.07) is 1.67. The van der Waals surface area contributed by atoms with Crippen LogP contribution in [0.1, 0.15) is 0 Å². The molecular weight excluding hydrogens is 132 g/mol. The van der Waals surface area contributed by atoms with Crippen LogP contribution in [0.15, 0.2) is 12.3 Å². The minimum absolute atomic E-state index is 0.219. The highest BCUT2D eigenvalue weighted by Crippen LogP contribution is 2.34. The zero-order chi connectivity index (χ0) is 6.97. The number of rotatable bonds is 0. The van der Waals surface area contributed by atoms with Gasteiger partial charge in [-0.3, -0.25) is 0 Å². The molecule has 4 heteroatoms. The SMILES string of the molecule is Nc1ccnc2c1OCO2. The smallest absolute Gasteiger partial charge is 0.262 e. The molecule has 10 heavy (non-hydrogen) atoms. The van der Waals surface area contributed by atoms with E-state index in [2.05, 4.69) is 4.98 Å². The molecule has 1 aromatic heterocycles. The molecule has 2 rings (SSSR count). The fraction of sp³-hybridized carbons (Fsp3) is 0.167. The van der Waals surface area contributed by atoms with Crippen molar-refractivity contribution >= 4 is 5.69 Å². The Morgan fingerprint density at radius 3 is 3.20 bits per heavy atom. The molecule has 2 heterocycles. The van der Waals surface area contributed by atoms with Crippen molar-refractivity contribution in [2.45, 2.75) is 0 Å². The Kier molecular flexibility index (Phi) is 0.943. The van der Waals surface area contributed by atoms with Crippen molar-refractivity contribution in [2.24, 2.45) is 0 Å². The van der Waals surface area contributed by atoms with E-state index in [-0.39, 0.29) is 6.79 Å². The number of nitrogen functional groups attached to an aromatic ring is 1. The maximum atomic E-state index is 5.53. The molecule has 0 atom stereocenters. The minimum atomic E-state index is 0.219. The largest absolute Gasteiger partial charge is 0.450 e. The molecule has 0 spiro atoms. The van der Waals surface area contributed by atoms with Crippen LogP contribution in [0.2, 0.25) is 0 Å². The van der Waals surface area contributed by atoms with Crippen molar-refractivity contribution in [3.63, 3.8) is 0 Å². The fourth-order valence-corrected chi connectivity index (χ4v) is 0.835. The van der Waals surface area contributed by atoms with Gasteiger partial charge in [-0.25, -0.2) is 4.98 Å². The Bertz CT molecular complexity index is 262. The van der Waals surface area contributed by atoms with E-state index in [1.54, 1.807) is 12.3 Å². The van der Waals surface area contributed by atoms with E-state index in [0.717, 1.165) is 0 Å². The number of anilines is 1. The third-order valence-corrected chi connectivity index (χ3v) is 1.30. The van der Waals surface area contributed by atoms with Crippen molar-refractivity contribution in [1.29, 1.82) is 0 Å². The van der Waals surface area contributed by atoms with Gasteiger partial charge < -0.3 is 15.2 Å². The Balaban J connectivity index is 2.59. The third-order valence-electron chi connectivity index (χ3n) is 1.30. The molecule has 1 aliphatic rings. The van der Waals surface area contributed by atoms with Crippen molar-refractivity contribution in [1.82, 2.24) is 4.98 Å². The van der Waals surface area contributed by atoms with E-state index < -0.39 is 0 Å². The molecule has 0 bridgehead atoms. The lowest BCUT2D eigenvalue weighted by Gasteiger charge is -1.95. The number of hydrogen-bond donors (Lipinski definition) is 1. The van der Waals surface area contributed by atoms with Crippen molar-refractivity contribution in [3.8, 4) is 11.6 Å². The topological polar surface area (TPSA) is 57.4 Å². The highest BCUT2D eigenvalue weighted by Gasteiger charge is 2.16. The Morgan fingerprint density at radius 2 is 2.40 bits per heavy atom. The summed E-state index contributed by atoms with van der Waals surface area (Å²) in [7, 11) is 0. The molecule has 0 amide bonds. The van der Waals surface area contributed by atoms with Gasteiger partial charge in [0.05, 0.1) is 5.69 Å². The van der Waals surface area contributed by atoms with Crippen molar-refractivity contribution in [3.05, 3.63) is 12.3 Å². The van der Waals surface area contributed by atoms with E-state index in [9.17, 15) is 0 Å². The molecule has 0 aromatic carbocycles. The number of nitrogens with two attached hydrogens (primary N) is 1. The minimum Gasteiger partial charge on any atom is -0.450 e. The molecule has 4 nitrogen and oxygen atoms in total. The molecule has 0 radical (unpaired) electrons. The first-order valence-electron chi connectivity index (χ1n) is 2.88. The summed E-state index contributed by atoms with van der Waals surface area (Å²) in [5.74, 6) is 1.04. The normalized spacial score (nSPS) is 13.6. The Hall–Kier alpha value is -1.45. The summed E-state index contributed by atoms with van der Waals surface area (Å²) < 4.78 is 9.99. The van der Waals surface area contributed by atoms with Crippen molar-refractivity contribution in [2.75, 3.05) is 12.5 Å². The lowest BCUT2D eigenvalue weighted by Crippen LogP contribution is -1.94. The number of nitrogens with zero attached hydrogens (tertiary/aromatic N) is 1. The standard InChI is InChI=1S/C6H6N2O2/c7-4-1-2-8-6-5(4)9-3-10-6/h1-2H,3H2,(H2,7,8). The van der Waals surface area contributed by atoms with Gasteiger partial charge in [0.15, 0.2) is 0 Å². The van der Waals surface area contributed by atoms with Gasteiger partial charge in [-0.1, -0.05) is 0 Å². The van der Waals surface area contributed by atoms with Crippen LogP contribution in [-0.4, -0.2) is 11.8 Å². The molecule has 0 aliphatic carbocycles. The average molecular weight is 138 g/mol. The first-order valence-corrected chi connectivity index (χ1v) is 2.88. The third kappa shape index (κ3) is 0.586. The van der Waals surface area contributed by atoms with Crippen LogP contribution >= 0.6 is 0 Å². The predicted octanol–water partition coefficient (Wildman–Crippen LogP) is 0.392. The lowest BCUT2D eigenvalue weighted by atomic mass is 10.4. The van der Waals surface area contributed by atoms with Crippen molar-refractivity contribution < 1.29 is 9.47 Å². The van der Waals surface area contributed by atoms with Crippen LogP contribution in [0.5, 0.6) is 11.6 Å². The average Bonchev–Trinajstić information content (AvgIpc) is 2.36. The van der Waals surface area contributed by atoms with Crippen LogP contribution in [0.3, 0.4) is 0 Å². The lowest BCUT2D eigenvalue weighted by molar-refractivity contribution is 0.171.